The van der Waals surface area contributed by atoms with Crippen molar-refractivity contribution in [2.45, 2.75) is 67.4 Å². The first kappa shape index (κ1) is 21.7. The minimum atomic E-state index is -0.531. The molecule has 2 bridgehead atoms. The highest BCUT2D eigenvalue weighted by atomic mass is 16.5. The van der Waals surface area contributed by atoms with E-state index in [0.29, 0.717) is 23.3 Å². The Kier molecular flexibility index (Phi) is 4.56. The molecule has 1 aromatic heterocycles. The third-order valence-electron chi connectivity index (χ3n) is 9.67. The number of carbonyl (C=O) groups is 2. The van der Waals surface area contributed by atoms with Gasteiger partial charge in [-0.1, -0.05) is 38.5 Å². The van der Waals surface area contributed by atoms with Gasteiger partial charge in [-0.25, -0.2) is 4.79 Å². The van der Waals surface area contributed by atoms with E-state index in [-0.39, 0.29) is 35.2 Å². The molecule has 1 aromatic rings. The van der Waals surface area contributed by atoms with Crippen LogP contribution in [0, 0.1) is 54.3 Å². The average Bonchev–Trinajstić information content (AvgIpc) is 3.04. The van der Waals surface area contributed by atoms with Crippen molar-refractivity contribution in [2.24, 2.45) is 47.5 Å². The smallest absolute Gasteiger partial charge is 0.355 e. The van der Waals surface area contributed by atoms with Gasteiger partial charge >= 0.3 is 5.97 Å². The van der Waals surface area contributed by atoms with Crippen molar-refractivity contribution in [3.63, 3.8) is 0 Å². The maximum Gasteiger partial charge on any atom is 0.355 e. The summed E-state index contributed by atoms with van der Waals surface area (Å²) in [7, 11) is 1.91. The summed E-state index contributed by atoms with van der Waals surface area (Å²) in [5.41, 5.74) is 4.58. The van der Waals surface area contributed by atoms with E-state index in [1.54, 1.807) is 0 Å². The van der Waals surface area contributed by atoms with Gasteiger partial charge in [0.05, 0.1) is 5.41 Å². The van der Waals surface area contributed by atoms with Gasteiger partial charge in [0.2, 0.25) is 0 Å². The lowest BCUT2D eigenvalue weighted by atomic mass is 9.62. The molecule has 172 valence electrons. The molecule has 4 heteroatoms. The van der Waals surface area contributed by atoms with Gasteiger partial charge in [-0.05, 0) is 80.9 Å². The van der Waals surface area contributed by atoms with Gasteiger partial charge in [0, 0.05) is 24.6 Å². The van der Waals surface area contributed by atoms with E-state index < -0.39 is 5.41 Å². The van der Waals surface area contributed by atoms with Gasteiger partial charge in [0.15, 0.2) is 5.78 Å². The van der Waals surface area contributed by atoms with Crippen LogP contribution in [0.5, 0.6) is 0 Å². The number of rotatable bonds is 2. The van der Waals surface area contributed by atoms with Crippen LogP contribution >= 0.6 is 0 Å². The Morgan fingerprint density at radius 2 is 1.84 bits per heavy atom. The first-order valence-corrected chi connectivity index (χ1v) is 12.2. The number of ether oxygens (including phenoxy) is 1. The lowest BCUT2D eigenvalue weighted by Crippen LogP contribution is -2.46. The normalized spacial score (nSPS) is 39.3. The lowest BCUT2D eigenvalue weighted by Gasteiger charge is -2.40. The molecular formula is C28H37NO3. The maximum absolute atomic E-state index is 14.3. The summed E-state index contributed by atoms with van der Waals surface area (Å²) in [6.07, 6.45) is 6.00. The molecule has 4 aliphatic rings. The van der Waals surface area contributed by atoms with Gasteiger partial charge in [-0.3, -0.25) is 4.79 Å². The van der Waals surface area contributed by atoms with Crippen molar-refractivity contribution in [1.82, 2.24) is 4.57 Å². The molecule has 5 rings (SSSR count). The number of aryl methyl sites for hydroxylation is 2. The van der Waals surface area contributed by atoms with E-state index in [0.717, 1.165) is 29.7 Å². The molecule has 4 aliphatic carbocycles. The zero-order valence-corrected chi connectivity index (χ0v) is 20.8. The maximum atomic E-state index is 14.3. The molecule has 1 spiro atoms. The van der Waals surface area contributed by atoms with E-state index in [1.165, 1.54) is 5.57 Å². The second-order valence-corrected chi connectivity index (χ2v) is 11.8. The topological polar surface area (TPSA) is 48.3 Å². The monoisotopic (exact) mass is 435 g/mol. The third-order valence-corrected chi connectivity index (χ3v) is 9.67. The van der Waals surface area contributed by atoms with Gasteiger partial charge < -0.3 is 9.30 Å². The van der Waals surface area contributed by atoms with Gasteiger partial charge in [0.1, 0.15) is 11.8 Å². The summed E-state index contributed by atoms with van der Waals surface area (Å²) in [6, 6.07) is 2.02. The minimum Gasteiger partial charge on any atom is -0.453 e. The van der Waals surface area contributed by atoms with Crippen LogP contribution in [-0.2, 0) is 16.6 Å². The Balaban J connectivity index is 1.54. The van der Waals surface area contributed by atoms with Crippen molar-refractivity contribution in [3.8, 4) is 0 Å². The molecule has 0 saturated heterocycles. The van der Waals surface area contributed by atoms with Gasteiger partial charge in [0.25, 0.3) is 0 Å². The Bertz CT molecular complexity index is 1090. The van der Waals surface area contributed by atoms with Crippen LogP contribution in [0.2, 0.25) is 0 Å². The zero-order chi connectivity index (χ0) is 23.3. The Hall–Kier alpha value is -2.10. The second-order valence-electron chi connectivity index (χ2n) is 11.8. The van der Waals surface area contributed by atoms with E-state index in [9.17, 15) is 9.59 Å². The summed E-state index contributed by atoms with van der Waals surface area (Å²) < 4.78 is 8.16. The van der Waals surface area contributed by atoms with Crippen LogP contribution < -0.4 is 0 Å². The number of hydrogen-bond acceptors (Lipinski definition) is 3. The summed E-state index contributed by atoms with van der Waals surface area (Å²) in [6.45, 7) is 15.1. The largest absolute Gasteiger partial charge is 0.453 e. The number of hydrogen-bond donors (Lipinski definition) is 0. The van der Waals surface area contributed by atoms with Crippen LogP contribution in [0.4, 0.5) is 0 Å². The van der Waals surface area contributed by atoms with Crippen molar-refractivity contribution in [3.05, 3.63) is 46.3 Å². The van der Waals surface area contributed by atoms with Crippen LogP contribution in [0.15, 0.2) is 29.4 Å². The number of aromatic nitrogens is 1. The molecule has 2 saturated carbocycles. The molecule has 0 aliphatic heterocycles. The number of esters is 1. The van der Waals surface area contributed by atoms with Gasteiger partial charge in [-0.2, -0.15) is 0 Å². The molecule has 0 aromatic carbocycles. The van der Waals surface area contributed by atoms with E-state index >= 15 is 0 Å². The molecule has 2 fully saturated rings. The molecule has 1 heterocycles. The van der Waals surface area contributed by atoms with Crippen molar-refractivity contribution >= 4 is 11.8 Å². The van der Waals surface area contributed by atoms with Crippen molar-refractivity contribution in [2.75, 3.05) is 0 Å². The van der Waals surface area contributed by atoms with Crippen LogP contribution in [0.25, 0.3) is 0 Å². The predicted octanol–water partition coefficient (Wildman–Crippen LogP) is 5.58. The van der Waals surface area contributed by atoms with Crippen LogP contribution in [-0.4, -0.2) is 22.4 Å². The average molecular weight is 436 g/mol. The number of allylic oxidation sites excluding steroid dienone is 3. The minimum absolute atomic E-state index is 0.0128. The van der Waals surface area contributed by atoms with E-state index in [2.05, 4.69) is 39.8 Å². The fourth-order valence-electron chi connectivity index (χ4n) is 7.86. The number of nitrogens with zero attached hydrogens (tertiary/aromatic N) is 1. The highest BCUT2D eigenvalue weighted by Gasteiger charge is 2.70. The SMILES string of the molecule is CC1=C[C@@H]2C(=O)C3(C=C(C)[C@H](OC(=O)c4c(C)cc(C)n4C)[C@H]3C1)C(C)C[C@@H]1[C@@H]2C1(C)C. The van der Waals surface area contributed by atoms with Crippen LogP contribution in [0.3, 0.4) is 0 Å². The summed E-state index contributed by atoms with van der Waals surface area (Å²) in [5, 5.41) is 0. The first-order valence-electron chi connectivity index (χ1n) is 12.2. The molecule has 0 N–H and O–H groups in total. The lowest BCUT2D eigenvalue weighted by molar-refractivity contribution is -0.135. The number of carbonyl (C=O) groups excluding carboxylic acids is 2. The quantitative estimate of drug-likeness (QED) is 0.450. The first-order chi connectivity index (χ1) is 14.9. The van der Waals surface area contributed by atoms with E-state index in [4.69, 9.17) is 4.74 Å². The molecule has 0 amide bonds. The Morgan fingerprint density at radius 1 is 1.16 bits per heavy atom. The number of ketones is 1. The van der Waals surface area contributed by atoms with Crippen LogP contribution in [0.1, 0.15) is 69.2 Å². The molecule has 2 unspecified atom stereocenters. The summed E-state index contributed by atoms with van der Waals surface area (Å²) in [5.74, 6) is 1.34. The van der Waals surface area contributed by atoms with Gasteiger partial charge in [-0.15, -0.1) is 0 Å². The molecule has 4 nitrogen and oxygen atoms in total. The highest BCUT2D eigenvalue weighted by molar-refractivity contribution is 5.94. The number of Topliss-reactive ketones (excluding diaryl/α,β-unsaturated/α-hetero) is 1. The Morgan fingerprint density at radius 3 is 2.47 bits per heavy atom. The molecule has 0 radical (unpaired) electrons. The standard InChI is InChI=1S/C28H37NO3/c1-14-9-19-22-20(27(22,6)7)12-17(4)28(25(19)30)13-16(3)24(21(28)10-14)32-26(31)23-15(2)11-18(5)29(23)8/h9,11,13,17,19-22,24H,10,12H2,1-8H3/t17?,19-,20+,21+,22+,24-,28?/m0/s1. The summed E-state index contributed by atoms with van der Waals surface area (Å²) in [4.78, 5) is 27.6. The zero-order valence-electron chi connectivity index (χ0n) is 20.8. The second kappa shape index (κ2) is 6.71. The fraction of sp³-hybridized carbons (Fsp3) is 0.643. The third kappa shape index (κ3) is 2.67. The number of fused-ring (bicyclic) bond motifs is 3. The molecule has 7 atom stereocenters. The molecule has 32 heavy (non-hydrogen) atoms. The fourth-order valence-corrected chi connectivity index (χ4v) is 7.86. The Labute approximate surface area is 192 Å². The van der Waals surface area contributed by atoms with E-state index in [1.807, 2.05) is 38.5 Å². The van der Waals surface area contributed by atoms with Crippen molar-refractivity contribution < 1.29 is 14.3 Å². The molecular weight excluding hydrogens is 398 g/mol. The summed E-state index contributed by atoms with van der Waals surface area (Å²) >= 11 is 0. The highest BCUT2D eigenvalue weighted by Crippen LogP contribution is 2.71. The van der Waals surface area contributed by atoms with Crippen molar-refractivity contribution in [1.29, 1.82) is 0 Å². The predicted molar refractivity (Wildman–Crippen MR) is 125 cm³/mol.